The monoisotopic (exact) mass is 520 g/mol. The van der Waals surface area contributed by atoms with Crippen LogP contribution in [0.3, 0.4) is 0 Å². The standard InChI is InChI=1S/C30H19F3N6/c31-30(32,33)21-17-15-20(16-18-21)23-11-6-13-26(35-23)28-37-38-29(39(28)22-8-2-1-3-9-22)27-14-7-12-25(36-27)24-10-4-5-19-34-24/h1-19H. The van der Waals surface area contributed by atoms with Crippen LogP contribution >= 0.6 is 0 Å². The smallest absolute Gasteiger partial charge is 0.272 e. The molecule has 0 fully saturated rings. The number of rotatable bonds is 5. The normalized spacial score (nSPS) is 11.5. The van der Waals surface area contributed by atoms with Gasteiger partial charge in [0.15, 0.2) is 11.6 Å². The van der Waals surface area contributed by atoms with E-state index in [1.54, 1.807) is 24.4 Å². The number of nitrogens with zero attached hydrogens (tertiary/aromatic N) is 6. The Labute approximate surface area is 221 Å². The van der Waals surface area contributed by atoms with E-state index in [0.717, 1.165) is 23.5 Å². The molecule has 2 aromatic carbocycles. The SMILES string of the molecule is FC(F)(F)c1ccc(-c2cccc(-c3nnc(-c4cccc(-c5ccccn5)n4)n3-c3ccccc3)n2)cc1. The summed E-state index contributed by atoms with van der Waals surface area (Å²) in [5.74, 6) is 0.978. The van der Waals surface area contributed by atoms with E-state index in [-0.39, 0.29) is 0 Å². The zero-order chi connectivity index (χ0) is 26.8. The first-order chi connectivity index (χ1) is 19.0. The number of hydrogen-bond acceptors (Lipinski definition) is 5. The highest BCUT2D eigenvalue weighted by Gasteiger charge is 2.30. The maximum absolute atomic E-state index is 13.0. The fraction of sp³-hybridized carbons (Fsp3) is 0.0333. The Bertz CT molecular complexity index is 1730. The fourth-order valence-electron chi connectivity index (χ4n) is 4.20. The molecular weight excluding hydrogens is 501 g/mol. The molecule has 0 saturated carbocycles. The van der Waals surface area contributed by atoms with E-state index in [1.165, 1.54) is 12.1 Å². The summed E-state index contributed by atoms with van der Waals surface area (Å²) in [5, 5.41) is 8.95. The lowest BCUT2D eigenvalue weighted by Crippen LogP contribution is -2.04. The van der Waals surface area contributed by atoms with Crippen LogP contribution in [0.15, 0.2) is 115 Å². The molecule has 0 bridgehead atoms. The van der Waals surface area contributed by atoms with Gasteiger partial charge in [0.2, 0.25) is 0 Å². The molecule has 190 valence electrons. The molecule has 6 aromatic rings. The molecule has 0 aliphatic rings. The van der Waals surface area contributed by atoms with E-state index >= 15 is 0 Å². The molecule has 0 aliphatic heterocycles. The Balaban J connectivity index is 1.46. The van der Waals surface area contributed by atoms with E-state index in [9.17, 15) is 13.2 Å². The highest BCUT2D eigenvalue weighted by Crippen LogP contribution is 2.32. The van der Waals surface area contributed by atoms with Crippen molar-refractivity contribution in [2.75, 3.05) is 0 Å². The van der Waals surface area contributed by atoms with Gasteiger partial charge in [-0.2, -0.15) is 13.2 Å². The van der Waals surface area contributed by atoms with E-state index in [4.69, 9.17) is 9.97 Å². The second kappa shape index (κ2) is 9.94. The van der Waals surface area contributed by atoms with E-state index < -0.39 is 11.7 Å². The van der Waals surface area contributed by atoms with Crippen molar-refractivity contribution in [2.45, 2.75) is 6.18 Å². The van der Waals surface area contributed by atoms with Gasteiger partial charge in [-0.25, -0.2) is 9.97 Å². The predicted molar refractivity (Wildman–Crippen MR) is 141 cm³/mol. The van der Waals surface area contributed by atoms with Gasteiger partial charge >= 0.3 is 6.18 Å². The van der Waals surface area contributed by atoms with Crippen molar-refractivity contribution >= 4 is 0 Å². The number of halogens is 3. The van der Waals surface area contributed by atoms with Crippen LogP contribution in [0.1, 0.15) is 5.56 Å². The van der Waals surface area contributed by atoms with Crippen LogP contribution in [0.4, 0.5) is 13.2 Å². The van der Waals surface area contributed by atoms with Gasteiger partial charge in [-0.05, 0) is 60.7 Å². The summed E-state index contributed by atoms with van der Waals surface area (Å²) in [5.41, 5.74) is 3.70. The van der Waals surface area contributed by atoms with Crippen LogP contribution < -0.4 is 0 Å². The Hall–Kier alpha value is -5.18. The van der Waals surface area contributed by atoms with Crippen molar-refractivity contribution in [3.05, 3.63) is 121 Å². The third-order valence-electron chi connectivity index (χ3n) is 6.07. The van der Waals surface area contributed by atoms with Gasteiger partial charge < -0.3 is 0 Å². The molecule has 0 aliphatic carbocycles. The molecule has 6 rings (SSSR count). The molecule has 0 atom stereocenters. The third kappa shape index (κ3) is 4.89. The van der Waals surface area contributed by atoms with Gasteiger partial charge in [0.1, 0.15) is 11.4 Å². The van der Waals surface area contributed by atoms with Crippen LogP contribution in [0.5, 0.6) is 0 Å². The molecule has 9 heteroatoms. The molecular formula is C30H19F3N6. The lowest BCUT2D eigenvalue weighted by molar-refractivity contribution is -0.137. The van der Waals surface area contributed by atoms with E-state index in [2.05, 4.69) is 15.2 Å². The van der Waals surface area contributed by atoms with Crippen molar-refractivity contribution < 1.29 is 13.2 Å². The topological polar surface area (TPSA) is 69.4 Å². The van der Waals surface area contributed by atoms with E-state index in [1.807, 2.05) is 71.3 Å². The first-order valence-electron chi connectivity index (χ1n) is 12.0. The summed E-state index contributed by atoms with van der Waals surface area (Å²) in [6.45, 7) is 0. The van der Waals surface area contributed by atoms with Gasteiger partial charge in [-0.15, -0.1) is 10.2 Å². The van der Waals surface area contributed by atoms with Crippen molar-refractivity contribution in [1.82, 2.24) is 29.7 Å². The molecule has 6 nitrogen and oxygen atoms in total. The maximum Gasteiger partial charge on any atom is 0.416 e. The summed E-state index contributed by atoms with van der Waals surface area (Å²) in [6, 6.07) is 31.1. The Morgan fingerprint density at radius 3 is 1.69 bits per heavy atom. The van der Waals surface area contributed by atoms with Crippen molar-refractivity contribution in [1.29, 1.82) is 0 Å². The number of alkyl halides is 3. The minimum Gasteiger partial charge on any atom is -0.272 e. The summed E-state index contributed by atoms with van der Waals surface area (Å²) in [4.78, 5) is 13.9. The van der Waals surface area contributed by atoms with E-state index in [0.29, 0.717) is 40.0 Å². The Morgan fingerprint density at radius 1 is 0.513 bits per heavy atom. The number of benzene rings is 2. The summed E-state index contributed by atoms with van der Waals surface area (Å²) < 4.78 is 41.0. The molecule has 0 amide bonds. The minimum atomic E-state index is -4.40. The molecule has 39 heavy (non-hydrogen) atoms. The highest BCUT2D eigenvalue weighted by molar-refractivity contribution is 5.68. The largest absolute Gasteiger partial charge is 0.416 e. The zero-order valence-electron chi connectivity index (χ0n) is 20.3. The molecule has 4 heterocycles. The average Bonchev–Trinajstić information content (AvgIpc) is 3.43. The van der Waals surface area contributed by atoms with Gasteiger partial charge in [0.25, 0.3) is 0 Å². The summed E-state index contributed by atoms with van der Waals surface area (Å²) in [6.07, 6.45) is -2.69. The number of hydrogen-bond donors (Lipinski definition) is 0. The Kier molecular flexibility index (Phi) is 6.16. The number of para-hydroxylation sites is 1. The highest BCUT2D eigenvalue weighted by atomic mass is 19.4. The van der Waals surface area contributed by atoms with Gasteiger partial charge in [0, 0.05) is 17.4 Å². The number of pyridine rings is 3. The number of aromatic nitrogens is 6. The van der Waals surface area contributed by atoms with Crippen molar-refractivity contribution in [2.24, 2.45) is 0 Å². The maximum atomic E-state index is 13.0. The second-order valence-corrected chi connectivity index (χ2v) is 8.62. The molecule has 0 unspecified atom stereocenters. The molecule has 0 radical (unpaired) electrons. The van der Waals surface area contributed by atoms with Gasteiger partial charge in [-0.1, -0.05) is 48.5 Å². The average molecular weight is 521 g/mol. The summed E-state index contributed by atoms with van der Waals surface area (Å²) >= 11 is 0. The van der Waals surface area contributed by atoms with Crippen LogP contribution in [0.25, 0.3) is 51.4 Å². The Morgan fingerprint density at radius 2 is 1.08 bits per heavy atom. The third-order valence-corrected chi connectivity index (χ3v) is 6.07. The predicted octanol–water partition coefficient (Wildman–Crippen LogP) is 7.14. The van der Waals surface area contributed by atoms with Crippen LogP contribution in [-0.2, 0) is 6.18 Å². The molecule has 0 saturated heterocycles. The second-order valence-electron chi connectivity index (χ2n) is 8.62. The van der Waals surface area contributed by atoms with Crippen LogP contribution in [0, 0.1) is 0 Å². The fourth-order valence-corrected chi connectivity index (χ4v) is 4.20. The van der Waals surface area contributed by atoms with Gasteiger partial charge in [-0.3, -0.25) is 9.55 Å². The molecule has 0 N–H and O–H groups in total. The lowest BCUT2D eigenvalue weighted by atomic mass is 10.1. The minimum absolute atomic E-state index is 0.468. The van der Waals surface area contributed by atoms with Gasteiger partial charge in [0.05, 0.1) is 22.6 Å². The quantitative estimate of drug-likeness (QED) is 0.242. The van der Waals surface area contributed by atoms with Crippen LogP contribution in [0.2, 0.25) is 0 Å². The molecule has 4 aromatic heterocycles. The zero-order valence-corrected chi connectivity index (χ0v) is 20.3. The van der Waals surface area contributed by atoms with Crippen molar-refractivity contribution in [3.8, 4) is 51.4 Å². The molecule has 0 spiro atoms. The first-order valence-corrected chi connectivity index (χ1v) is 12.0. The van der Waals surface area contributed by atoms with Crippen molar-refractivity contribution in [3.63, 3.8) is 0 Å². The van der Waals surface area contributed by atoms with Crippen LogP contribution in [-0.4, -0.2) is 29.7 Å². The first kappa shape index (κ1) is 24.2. The lowest BCUT2D eigenvalue weighted by Gasteiger charge is -2.12. The summed E-state index contributed by atoms with van der Waals surface area (Å²) in [7, 11) is 0.